The molecule has 2 aliphatic heterocycles. The number of guanidine groups is 1. The molecule has 1 N–H and O–H groups in total. The third-order valence-corrected chi connectivity index (χ3v) is 6.54. The maximum Gasteiger partial charge on any atom is 0.194 e. The van der Waals surface area contributed by atoms with Crippen molar-refractivity contribution in [2.24, 2.45) is 10.9 Å². The van der Waals surface area contributed by atoms with Gasteiger partial charge in [0.2, 0.25) is 0 Å². The van der Waals surface area contributed by atoms with E-state index in [1.54, 1.807) is 0 Å². The number of benzene rings is 1. The van der Waals surface area contributed by atoms with E-state index >= 15 is 0 Å². The summed E-state index contributed by atoms with van der Waals surface area (Å²) < 4.78 is 1.15. The van der Waals surface area contributed by atoms with Gasteiger partial charge in [-0.05, 0) is 69.3 Å². The van der Waals surface area contributed by atoms with Crippen LogP contribution in [-0.4, -0.2) is 61.1 Å². The van der Waals surface area contributed by atoms with Crippen molar-refractivity contribution in [2.45, 2.75) is 44.6 Å². The number of nitrogens with one attached hydrogen (secondary N) is 1. The van der Waals surface area contributed by atoms with Crippen LogP contribution in [0.15, 0.2) is 33.7 Å². The van der Waals surface area contributed by atoms with E-state index in [0.717, 1.165) is 36.0 Å². The number of aliphatic imine (C=N–C) groups is 1. The second-order valence-electron chi connectivity index (χ2n) is 8.05. The van der Waals surface area contributed by atoms with Gasteiger partial charge in [0.25, 0.3) is 0 Å². The van der Waals surface area contributed by atoms with E-state index in [9.17, 15) is 0 Å². The van der Waals surface area contributed by atoms with Crippen LogP contribution < -0.4 is 5.32 Å². The van der Waals surface area contributed by atoms with Crippen molar-refractivity contribution in [3.05, 3.63) is 34.3 Å². The molecule has 0 aromatic heterocycles. The van der Waals surface area contributed by atoms with Crippen LogP contribution in [0.4, 0.5) is 0 Å². The number of rotatable bonds is 5. The first-order valence-corrected chi connectivity index (χ1v) is 11.1. The zero-order valence-electron chi connectivity index (χ0n) is 15.8. The number of hydrogen-bond donors (Lipinski definition) is 1. The van der Waals surface area contributed by atoms with Gasteiger partial charge < -0.3 is 15.1 Å². The van der Waals surface area contributed by atoms with Crippen molar-refractivity contribution < 1.29 is 0 Å². The van der Waals surface area contributed by atoms with Crippen LogP contribution in [0, 0.1) is 5.92 Å². The fraction of sp³-hybridized carbons (Fsp3) is 0.667. The van der Waals surface area contributed by atoms with Crippen LogP contribution >= 0.6 is 15.9 Å². The molecule has 4 rings (SSSR count). The molecular formula is C21H31BrN4. The van der Waals surface area contributed by atoms with Crippen molar-refractivity contribution in [3.63, 3.8) is 0 Å². The van der Waals surface area contributed by atoms with E-state index in [1.807, 2.05) is 0 Å². The monoisotopic (exact) mass is 418 g/mol. The molecule has 1 aromatic rings. The predicted molar refractivity (Wildman–Crippen MR) is 112 cm³/mol. The molecular weight excluding hydrogens is 388 g/mol. The van der Waals surface area contributed by atoms with Gasteiger partial charge in [-0.15, -0.1) is 0 Å². The average molecular weight is 419 g/mol. The van der Waals surface area contributed by atoms with Crippen molar-refractivity contribution >= 4 is 21.9 Å². The third kappa shape index (κ3) is 4.42. The highest BCUT2D eigenvalue weighted by molar-refractivity contribution is 9.10. The molecule has 26 heavy (non-hydrogen) atoms. The van der Waals surface area contributed by atoms with Crippen molar-refractivity contribution in [1.29, 1.82) is 0 Å². The molecule has 3 unspecified atom stereocenters. The number of nitrogens with zero attached hydrogens (tertiary/aromatic N) is 3. The Hall–Kier alpha value is -1.07. The molecule has 4 nitrogen and oxygen atoms in total. The maximum atomic E-state index is 4.81. The van der Waals surface area contributed by atoms with Crippen LogP contribution in [0.5, 0.6) is 0 Å². The summed E-state index contributed by atoms with van der Waals surface area (Å²) in [4.78, 5) is 9.96. The summed E-state index contributed by atoms with van der Waals surface area (Å²) in [5.41, 5.74) is 1.44. The van der Waals surface area contributed by atoms with Gasteiger partial charge in [0.1, 0.15) is 0 Å². The number of halogens is 1. The molecule has 0 spiro atoms. The largest absolute Gasteiger partial charge is 0.353 e. The Kier molecular flexibility index (Phi) is 5.84. The summed E-state index contributed by atoms with van der Waals surface area (Å²) in [5.74, 6) is 2.58. The Morgan fingerprint density at radius 2 is 1.96 bits per heavy atom. The first kappa shape index (κ1) is 18.3. The molecule has 1 aliphatic carbocycles. The van der Waals surface area contributed by atoms with Crippen LogP contribution in [0.3, 0.4) is 0 Å². The Labute approximate surface area is 166 Å². The van der Waals surface area contributed by atoms with Crippen LogP contribution in [-0.2, 0) is 0 Å². The van der Waals surface area contributed by atoms with Gasteiger partial charge in [0, 0.05) is 42.6 Å². The van der Waals surface area contributed by atoms with Gasteiger partial charge in [-0.25, -0.2) is 0 Å². The fourth-order valence-electron chi connectivity index (χ4n) is 4.49. The smallest absolute Gasteiger partial charge is 0.194 e. The maximum absolute atomic E-state index is 4.81. The second kappa shape index (κ2) is 8.30. The number of hydrogen-bond acceptors (Lipinski definition) is 2. The zero-order chi connectivity index (χ0) is 17.9. The van der Waals surface area contributed by atoms with Gasteiger partial charge in [0.05, 0.1) is 0 Å². The van der Waals surface area contributed by atoms with Crippen molar-refractivity contribution in [1.82, 2.24) is 15.1 Å². The van der Waals surface area contributed by atoms with E-state index in [4.69, 9.17) is 4.99 Å². The normalized spacial score (nSPS) is 29.4. The minimum Gasteiger partial charge on any atom is -0.353 e. The zero-order valence-corrected chi connectivity index (χ0v) is 17.4. The second-order valence-corrected chi connectivity index (χ2v) is 8.97. The molecule has 2 saturated heterocycles. The molecule has 1 saturated carbocycles. The molecule has 1 aromatic carbocycles. The molecule has 142 valence electrons. The highest BCUT2D eigenvalue weighted by atomic mass is 79.9. The molecule has 5 heteroatoms. The highest BCUT2D eigenvalue weighted by Gasteiger charge is 2.40. The minimum atomic E-state index is 0.541. The highest BCUT2D eigenvalue weighted by Crippen LogP contribution is 2.41. The lowest BCUT2D eigenvalue weighted by atomic mass is 10.1. The summed E-state index contributed by atoms with van der Waals surface area (Å²) in [6.45, 7) is 9.20. The number of likely N-dealkylation sites (tertiary alicyclic amines) is 2. The molecule has 3 aliphatic rings. The topological polar surface area (TPSA) is 30.9 Å². The summed E-state index contributed by atoms with van der Waals surface area (Å²) in [7, 11) is 0. The SMILES string of the molecule is CCN=C(NC1CC1c1ccc(Br)cc1)N1CCC(CN2CCCC2)C1. The van der Waals surface area contributed by atoms with Crippen LogP contribution in [0.1, 0.15) is 44.1 Å². The Morgan fingerprint density at radius 3 is 2.69 bits per heavy atom. The third-order valence-electron chi connectivity index (χ3n) is 6.01. The minimum absolute atomic E-state index is 0.541. The summed E-state index contributed by atoms with van der Waals surface area (Å²) >= 11 is 3.53. The van der Waals surface area contributed by atoms with Crippen molar-refractivity contribution in [2.75, 3.05) is 39.3 Å². The first-order chi connectivity index (χ1) is 12.7. The van der Waals surface area contributed by atoms with Gasteiger partial charge in [-0.2, -0.15) is 0 Å². The summed E-state index contributed by atoms with van der Waals surface area (Å²) in [6, 6.07) is 9.33. The van der Waals surface area contributed by atoms with Crippen molar-refractivity contribution in [3.8, 4) is 0 Å². The van der Waals surface area contributed by atoms with E-state index < -0.39 is 0 Å². The van der Waals surface area contributed by atoms with Gasteiger partial charge >= 0.3 is 0 Å². The van der Waals surface area contributed by atoms with E-state index in [1.165, 1.54) is 50.9 Å². The molecule has 0 bridgehead atoms. The quantitative estimate of drug-likeness (QED) is 0.584. The molecule has 2 heterocycles. The molecule has 0 amide bonds. The van der Waals surface area contributed by atoms with E-state index in [2.05, 4.69) is 62.2 Å². The Morgan fingerprint density at radius 1 is 1.19 bits per heavy atom. The lowest BCUT2D eigenvalue weighted by Gasteiger charge is -2.24. The Bertz CT molecular complexity index is 623. The van der Waals surface area contributed by atoms with Crippen LogP contribution in [0.2, 0.25) is 0 Å². The van der Waals surface area contributed by atoms with Gasteiger partial charge in [-0.1, -0.05) is 28.1 Å². The average Bonchev–Trinajstić information content (AvgIpc) is 3.02. The first-order valence-electron chi connectivity index (χ1n) is 10.3. The predicted octanol–water partition coefficient (Wildman–Crippen LogP) is 3.69. The Balaban J connectivity index is 1.31. The van der Waals surface area contributed by atoms with Gasteiger partial charge in [0.15, 0.2) is 5.96 Å². The lowest BCUT2D eigenvalue weighted by molar-refractivity contribution is 0.281. The lowest BCUT2D eigenvalue weighted by Crippen LogP contribution is -2.42. The summed E-state index contributed by atoms with van der Waals surface area (Å²) in [5, 5.41) is 3.76. The van der Waals surface area contributed by atoms with E-state index in [0.29, 0.717) is 12.0 Å². The molecule has 0 radical (unpaired) electrons. The van der Waals surface area contributed by atoms with E-state index in [-0.39, 0.29) is 0 Å². The fourth-order valence-corrected chi connectivity index (χ4v) is 4.75. The molecule has 3 fully saturated rings. The molecule has 3 atom stereocenters. The standard InChI is InChI=1S/C21H31BrN4/c1-2-23-21(24-20-13-19(20)17-5-7-18(22)8-6-17)26-12-9-16(15-26)14-25-10-3-4-11-25/h5-8,16,19-20H,2-4,9-15H2,1H3,(H,23,24). The summed E-state index contributed by atoms with van der Waals surface area (Å²) in [6.07, 6.45) is 5.30. The van der Waals surface area contributed by atoms with Gasteiger partial charge in [-0.3, -0.25) is 4.99 Å². The van der Waals surface area contributed by atoms with Crippen LogP contribution in [0.25, 0.3) is 0 Å².